The minimum atomic E-state index is -1.33. The van der Waals surface area contributed by atoms with Gasteiger partial charge in [0.15, 0.2) is 5.11 Å². The lowest BCUT2D eigenvalue weighted by molar-refractivity contribution is -0.307. The zero-order chi connectivity index (χ0) is 17.8. The Kier molecular flexibility index (Phi) is 4.76. The highest BCUT2D eigenvalue weighted by Crippen LogP contribution is 2.25. The van der Waals surface area contributed by atoms with Crippen LogP contribution in [0.2, 0.25) is 0 Å². The number of carbonyl (C=O) groups excluding carboxylic acids is 2. The molecule has 1 N–H and O–H groups in total. The summed E-state index contributed by atoms with van der Waals surface area (Å²) in [5, 5.41) is 13.7. The van der Waals surface area contributed by atoms with E-state index in [2.05, 4.69) is 5.32 Å². The Morgan fingerprint density at radius 2 is 1.84 bits per heavy atom. The van der Waals surface area contributed by atoms with Gasteiger partial charge in [0.05, 0.1) is 11.7 Å². The van der Waals surface area contributed by atoms with Crippen molar-refractivity contribution < 1.29 is 19.4 Å². The zero-order valence-electron chi connectivity index (χ0n) is 13.0. The predicted octanol–water partition coefficient (Wildman–Crippen LogP) is 1.08. The standard InChI is InChI=1S/C18H14N2O4S/c21-16(22)11-24-15-9-5-4-6-12(15)10-14-17(23)20(18(25)19-14)13-7-2-1-3-8-13/h1-10H,11H2,(H,19,25)(H,21,22)/p-1/b14-10-. The monoisotopic (exact) mass is 353 g/mol. The summed E-state index contributed by atoms with van der Waals surface area (Å²) in [5.41, 5.74) is 1.49. The highest BCUT2D eigenvalue weighted by Gasteiger charge is 2.31. The maximum Gasteiger partial charge on any atom is 0.281 e. The number of thiocarbonyl (C=S) groups is 1. The van der Waals surface area contributed by atoms with Crippen LogP contribution in [0.3, 0.4) is 0 Å². The first kappa shape index (κ1) is 16.7. The number of anilines is 1. The molecule has 1 amide bonds. The molecule has 2 aromatic carbocycles. The van der Waals surface area contributed by atoms with Crippen LogP contribution in [0.25, 0.3) is 6.08 Å². The van der Waals surface area contributed by atoms with Crippen LogP contribution in [-0.4, -0.2) is 23.6 Å². The normalized spacial score (nSPS) is 15.4. The lowest BCUT2D eigenvalue weighted by Crippen LogP contribution is -2.30. The summed E-state index contributed by atoms with van der Waals surface area (Å²) in [6, 6.07) is 15.8. The van der Waals surface area contributed by atoms with Crippen LogP contribution in [0.1, 0.15) is 5.56 Å². The maximum atomic E-state index is 12.7. The third-order valence-corrected chi connectivity index (χ3v) is 3.74. The number of rotatable bonds is 5. The molecule has 1 aliphatic heterocycles. The molecule has 6 nitrogen and oxygen atoms in total. The Labute approximate surface area is 149 Å². The van der Waals surface area contributed by atoms with Crippen LogP contribution < -0.4 is 20.1 Å². The average Bonchev–Trinajstić information content (AvgIpc) is 2.88. The molecule has 0 atom stereocenters. The second-order valence-electron chi connectivity index (χ2n) is 5.16. The first-order chi connectivity index (χ1) is 12.1. The quantitative estimate of drug-likeness (QED) is 0.640. The lowest BCUT2D eigenvalue weighted by Gasteiger charge is -2.13. The molecule has 0 bridgehead atoms. The summed E-state index contributed by atoms with van der Waals surface area (Å²) in [6.07, 6.45) is 1.57. The Morgan fingerprint density at radius 3 is 2.56 bits per heavy atom. The smallest absolute Gasteiger partial charge is 0.281 e. The molecule has 0 saturated carbocycles. The highest BCUT2D eigenvalue weighted by atomic mass is 32.1. The van der Waals surface area contributed by atoms with E-state index in [-0.39, 0.29) is 16.7 Å². The molecule has 126 valence electrons. The number of nitrogens with one attached hydrogen (secondary N) is 1. The van der Waals surface area contributed by atoms with Gasteiger partial charge in [0, 0.05) is 5.56 Å². The fourth-order valence-electron chi connectivity index (χ4n) is 2.37. The molecule has 7 heteroatoms. The van der Waals surface area contributed by atoms with Crippen molar-refractivity contribution in [3.63, 3.8) is 0 Å². The highest BCUT2D eigenvalue weighted by molar-refractivity contribution is 7.80. The number of hydrogen-bond donors (Lipinski definition) is 1. The van der Waals surface area contributed by atoms with E-state index >= 15 is 0 Å². The predicted molar refractivity (Wildman–Crippen MR) is 94.6 cm³/mol. The number of hydrogen-bond acceptors (Lipinski definition) is 5. The van der Waals surface area contributed by atoms with Crippen molar-refractivity contribution in [1.82, 2.24) is 5.32 Å². The molecule has 0 unspecified atom stereocenters. The molecule has 3 rings (SSSR count). The van der Waals surface area contributed by atoms with Crippen molar-refractivity contribution in [2.45, 2.75) is 0 Å². The van der Waals surface area contributed by atoms with Gasteiger partial charge in [-0.05, 0) is 36.5 Å². The van der Waals surface area contributed by atoms with Gasteiger partial charge in [-0.25, -0.2) is 0 Å². The van der Waals surface area contributed by atoms with Crippen LogP contribution in [0.15, 0.2) is 60.3 Å². The molecule has 2 aromatic rings. The number of amides is 1. The van der Waals surface area contributed by atoms with Crippen LogP contribution in [0, 0.1) is 0 Å². The van der Waals surface area contributed by atoms with Crippen LogP contribution in [0.5, 0.6) is 5.75 Å². The Bertz CT molecular complexity index is 864. The van der Waals surface area contributed by atoms with E-state index in [1.54, 1.807) is 42.5 Å². The number of carbonyl (C=O) groups is 2. The van der Waals surface area contributed by atoms with Crippen molar-refractivity contribution in [1.29, 1.82) is 0 Å². The largest absolute Gasteiger partial charge is 0.546 e. The number of benzene rings is 2. The summed E-state index contributed by atoms with van der Waals surface area (Å²) in [7, 11) is 0. The van der Waals surface area contributed by atoms with E-state index in [4.69, 9.17) is 17.0 Å². The Hall–Kier alpha value is -3.19. The molecule has 0 aliphatic carbocycles. The van der Waals surface area contributed by atoms with Gasteiger partial charge in [0.25, 0.3) is 5.91 Å². The Morgan fingerprint density at radius 1 is 1.16 bits per heavy atom. The minimum absolute atomic E-state index is 0.274. The fraction of sp³-hybridized carbons (Fsp3) is 0.0556. The molecule has 0 spiro atoms. The van der Waals surface area contributed by atoms with E-state index in [1.165, 1.54) is 4.90 Å². The van der Waals surface area contributed by atoms with Crippen molar-refractivity contribution in [3.8, 4) is 5.75 Å². The van der Waals surface area contributed by atoms with Crippen molar-refractivity contribution >= 4 is 41.0 Å². The lowest BCUT2D eigenvalue weighted by atomic mass is 10.1. The van der Waals surface area contributed by atoms with Crippen LogP contribution >= 0.6 is 12.2 Å². The van der Waals surface area contributed by atoms with Gasteiger partial charge in [-0.1, -0.05) is 36.4 Å². The number of para-hydroxylation sites is 2. The summed E-state index contributed by atoms with van der Waals surface area (Å²) in [4.78, 5) is 24.6. The number of carboxylic acids is 1. The van der Waals surface area contributed by atoms with Gasteiger partial charge in [-0.2, -0.15) is 0 Å². The van der Waals surface area contributed by atoms with Gasteiger partial charge in [-0.15, -0.1) is 0 Å². The van der Waals surface area contributed by atoms with E-state index < -0.39 is 12.6 Å². The second-order valence-corrected chi connectivity index (χ2v) is 5.55. The van der Waals surface area contributed by atoms with Crippen LogP contribution in [0.4, 0.5) is 5.69 Å². The van der Waals surface area contributed by atoms with Gasteiger partial charge in [0.1, 0.15) is 18.1 Å². The topological polar surface area (TPSA) is 81.7 Å². The first-order valence-electron chi connectivity index (χ1n) is 7.40. The average molecular weight is 353 g/mol. The second kappa shape index (κ2) is 7.14. The molecule has 0 aromatic heterocycles. The Balaban J connectivity index is 1.89. The molecule has 1 heterocycles. The summed E-state index contributed by atoms with van der Waals surface area (Å²) in [6.45, 7) is -0.573. The van der Waals surface area contributed by atoms with Crippen LogP contribution in [-0.2, 0) is 9.59 Å². The number of nitrogens with zero attached hydrogens (tertiary/aromatic N) is 1. The SMILES string of the molecule is O=C([O-])COc1ccccc1/C=C1\NC(=S)N(c2ccccc2)C1=O. The van der Waals surface area contributed by atoms with Gasteiger partial charge in [0.2, 0.25) is 0 Å². The number of aliphatic carboxylic acids is 1. The maximum absolute atomic E-state index is 12.7. The third kappa shape index (κ3) is 3.67. The van der Waals surface area contributed by atoms with Crippen molar-refractivity contribution in [3.05, 3.63) is 65.9 Å². The van der Waals surface area contributed by atoms with Gasteiger partial charge in [-0.3, -0.25) is 9.69 Å². The van der Waals surface area contributed by atoms with Crippen molar-refractivity contribution in [2.75, 3.05) is 11.5 Å². The summed E-state index contributed by atoms with van der Waals surface area (Å²) >= 11 is 5.25. The van der Waals surface area contributed by atoms with E-state index in [0.29, 0.717) is 17.0 Å². The number of carboxylic acid groups (broad SMARTS) is 1. The third-order valence-electron chi connectivity index (χ3n) is 3.46. The molecular weight excluding hydrogens is 340 g/mol. The molecule has 1 fully saturated rings. The first-order valence-corrected chi connectivity index (χ1v) is 7.81. The molecule has 1 saturated heterocycles. The fourth-order valence-corrected chi connectivity index (χ4v) is 2.67. The molecular formula is C18H13N2O4S-. The van der Waals surface area contributed by atoms with Gasteiger partial charge < -0.3 is 20.0 Å². The summed E-state index contributed by atoms with van der Waals surface area (Å²) in [5.74, 6) is -1.29. The molecule has 25 heavy (non-hydrogen) atoms. The zero-order valence-corrected chi connectivity index (χ0v) is 13.8. The van der Waals surface area contributed by atoms with Gasteiger partial charge >= 0.3 is 0 Å². The summed E-state index contributed by atoms with van der Waals surface area (Å²) < 4.78 is 5.19. The number of ether oxygens (including phenoxy) is 1. The van der Waals surface area contributed by atoms with E-state index in [1.807, 2.05) is 18.2 Å². The van der Waals surface area contributed by atoms with Crippen molar-refractivity contribution in [2.24, 2.45) is 0 Å². The molecule has 1 aliphatic rings. The van der Waals surface area contributed by atoms with E-state index in [0.717, 1.165) is 0 Å². The molecule has 0 radical (unpaired) electrons. The minimum Gasteiger partial charge on any atom is -0.546 e. The van der Waals surface area contributed by atoms with E-state index in [9.17, 15) is 14.7 Å².